The molecule has 1 fully saturated rings. The topological polar surface area (TPSA) is 67.2 Å². The molecular weight excluding hydrogens is 310 g/mol. The highest BCUT2D eigenvalue weighted by atomic mass is 35.5. The maximum atomic E-state index is 11.6. The maximum absolute atomic E-state index is 11.6. The van der Waals surface area contributed by atoms with E-state index in [0.717, 1.165) is 28.9 Å². The number of hydrogen-bond acceptors (Lipinski definition) is 5. The van der Waals surface area contributed by atoms with Crippen LogP contribution in [0.25, 0.3) is 10.8 Å². The number of hydrogen-bond donors (Lipinski definition) is 2. The van der Waals surface area contributed by atoms with Crippen LogP contribution in [0.4, 0.5) is 0 Å². The third kappa shape index (κ3) is 4.84. The Bertz CT molecular complexity index is 567. The molecule has 0 aromatic carbocycles. The number of carbonyl (C=O) groups is 1. The smallest absolute Gasteiger partial charge is 0.234 e. The van der Waals surface area contributed by atoms with E-state index in [4.69, 9.17) is 4.42 Å². The van der Waals surface area contributed by atoms with Gasteiger partial charge in [-0.1, -0.05) is 0 Å². The summed E-state index contributed by atoms with van der Waals surface area (Å²) in [5.41, 5.74) is 0.858. The molecule has 5 nitrogen and oxygen atoms in total. The Morgan fingerprint density at radius 1 is 1.48 bits per heavy atom. The first-order valence-corrected chi connectivity index (χ1v) is 7.65. The lowest BCUT2D eigenvalue weighted by molar-refractivity contribution is -0.120. The van der Waals surface area contributed by atoms with E-state index in [-0.39, 0.29) is 18.3 Å². The second kappa shape index (κ2) is 7.59. The number of rotatable bonds is 7. The number of nitrogens with zero attached hydrogens (tertiary/aromatic N) is 1. The number of carbonyl (C=O) groups excluding carboxylic acids is 1. The summed E-state index contributed by atoms with van der Waals surface area (Å²) < 4.78 is 5.29. The van der Waals surface area contributed by atoms with Gasteiger partial charge >= 0.3 is 0 Å². The van der Waals surface area contributed by atoms with E-state index in [1.165, 1.54) is 24.2 Å². The number of thiazole rings is 1. The molecule has 114 valence electrons. The average Bonchev–Trinajstić information content (AvgIpc) is 2.96. The summed E-state index contributed by atoms with van der Waals surface area (Å²) in [5, 5.41) is 8.81. The molecule has 2 N–H and O–H groups in total. The van der Waals surface area contributed by atoms with E-state index < -0.39 is 0 Å². The van der Waals surface area contributed by atoms with Crippen LogP contribution in [0.2, 0.25) is 0 Å². The molecule has 0 unspecified atom stereocenters. The molecule has 7 heteroatoms. The number of amides is 1. The Balaban J connectivity index is 0.00000161. The van der Waals surface area contributed by atoms with Gasteiger partial charge in [-0.3, -0.25) is 4.79 Å². The van der Waals surface area contributed by atoms with Crippen LogP contribution in [0.15, 0.2) is 28.2 Å². The Kier molecular flexibility index (Phi) is 5.78. The normalized spacial score (nSPS) is 13.7. The van der Waals surface area contributed by atoms with Gasteiger partial charge in [0.15, 0.2) is 10.8 Å². The Morgan fingerprint density at radius 2 is 2.33 bits per heavy atom. The van der Waals surface area contributed by atoms with Gasteiger partial charge in [-0.15, -0.1) is 23.7 Å². The van der Waals surface area contributed by atoms with E-state index in [2.05, 4.69) is 15.6 Å². The van der Waals surface area contributed by atoms with Crippen molar-refractivity contribution in [3.63, 3.8) is 0 Å². The molecule has 1 aliphatic carbocycles. The van der Waals surface area contributed by atoms with Crippen molar-refractivity contribution in [3.05, 3.63) is 29.5 Å². The van der Waals surface area contributed by atoms with Gasteiger partial charge in [-0.2, -0.15) is 0 Å². The highest BCUT2D eigenvalue weighted by molar-refractivity contribution is 7.13. The summed E-state index contributed by atoms with van der Waals surface area (Å²) in [5.74, 6) is 1.56. The fourth-order valence-electron chi connectivity index (χ4n) is 1.87. The number of furan rings is 1. The van der Waals surface area contributed by atoms with Gasteiger partial charge in [-0.25, -0.2) is 4.98 Å². The molecule has 1 aliphatic rings. The monoisotopic (exact) mass is 327 g/mol. The van der Waals surface area contributed by atoms with E-state index in [9.17, 15) is 4.79 Å². The molecule has 21 heavy (non-hydrogen) atoms. The average molecular weight is 328 g/mol. The van der Waals surface area contributed by atoms with Gasteiger partial charge in [0.2, 0.25) is 5.91 Å². The van der Waals surface area contributed by atoms with Crippen LogP contribution in [-0.2, 0) is 11.3 Å². The summed E-state index contributed by atoms with van der Waals surface area (Å²) in [6.07, 6.45) is 4.22. The highest BCUT2D eigenvalue weighted by Gasteiger charge is 2.20. The molecule has 0 bridgehead atoms. The van der Waals surface area contributed by atoms with Crippen LogP contribution < -0.4 is 10.6 Å². The van der Waals surface area contributed by atoms with Gasteiger partial charge in [0.05, 0.1) is 25.0 Å². The summed E-state index contributed by atoms with van der Waals surface area (Å²) in [7, 11) is 0. The van der Waals surface area contributed by atoms with Crippen LogP contribution in [0.5, 0.6) is 0 Å². The molecule has 1 saturated carbocycles. The minimum Gasteiger partial charge on any atom is -0.462 e. The molecule has 0 aliphatic heterocycles. The highest BCUT2D eigenvalue weighted by Crippen LogP contribution is 2.27. The molecule has 2 heterocycles. The van der Waals surface area contributed by atoms with Crippen molar-refractivity contribution in [3.8, 4) is 10.8 Å². The molecular formula is C14H18ClN3O2S. The Hall–Kier alpha value is -1.37. The van der Waals surface area contributed by atoms with Crippen molar-refractivity contribution in [1.82, 2.24) is 15.6 Å². The van der Waals surface area contributed by atoms with Crippen LogP contribution in [0, 0.1) is 5.92 Å². The zero-order valence-corrected chi connectivity index (χ0v) is 13.1. The first kappa shape index (κ1) is 16.0. The van der Waals surface area contributed by atoms with Crippen LogP contribution in [0.1, 0.15) is 18.5 Å². The number of aromatic nitrogens is 1. The summed E-state index contributed by atoms with van der Waals surface area (Å²) in [4.78, 5) is 16.1. The van der Waals surface area contributed by atoms with Crippen LogP contribution in [0.3, 0.4) is 0 Å². The minimum atomic E-state index is 0. The fourth-order valence-corrected chi connectivity index (χ4v) is 2.65. The molecule has 0 atom stereocenters. The lowest BCUT2D eigenvalue weighted by Gasteiger charge is -2.04. The second-order valence-electron chi connectivity index (χ2n) is 4.97. The number of nitrogens with one attached hydrogen (secondary N) is 2. The van der Waals surface area contributed by atoms with Gasteiger partial charge in [-0.05, 0) is 37.4 Å². The van der Waals surface area contributed by atoms with E-state index in [1.807, 2.05) is 17.5 Å². The standard InChI is InChI=1S/C14H17N3O2S.ClH/c18-13(8-15-6-10-3-4-10)16-7-11-9-20-14(17-11)12-2-1-5-19-12;/h1-2,5,9-10,15H,3-4,6-8H2,(H,16,18);1H. The fraction of sp³-hybridized carbons (Fsp3) is 0.429. The quantitative estimate of drug-likeness (QED) is 0.819. The summed E-state index contributed by atoms with van der Waals surface area (Å²) in [6.45, 7) is 1.79. The molecule has 2 aromatic rings. The molecule has 0 saturated heterocycles. The van der Waals surface area contributed by atoms with Crippen molar-refractivity contribution in [2.45, 2.75) is 19.4 Å². The first-order valence-electron chi connectivity index (χ1n) is 6.77. The van der Waals surface area contributed by atoms with Crippen molar-refractivity contribution >= 4 is 29.7 Å². The van der Waals surface area contributed by atoms with Crippen LogP contribution >= 0.6 is 23.7 Å². The second-order valence-corrected chi connectivity index (χ2v) is 5.83. The lowest BCUT2D eigenvalue weighted by Crippen LogP contribution is -2.34. The van der Waals surface area contributed by atoms with Gasteiger partial charge in [0.1, 0.15) is 0 Å². The van der Waals surface area contributed by atoms with Gasteiger partial charge in [0, 0.05) is 5.38 Å². The molecule has 0 radical (unpaired) electrons. The largest absolute Gasteiger partial charge is 0.462 e. The molecule has 3 rings (SSSR count). The van der Waals surface area contributed by atoms with E-state index in [1.54, 1.807) is 6.26 Å². The summed E-state index contributed by atoms with van der Waals surface area (Å²) in [6, 6.07) is 3.71. The van der Waals surface area contributed by atoms with Crippen molar-refractivity contribution in [2.24, 2.45) is 5.92 Å². The third-order valence-corrected chi connectivity index (χ3v) is 4.07. The van der Waals surface area contributed by atoms with Gasteiger partial charge in [0.25, 0.3) is 0 Å². The van der Waals surface area contributed by atoms with Crippen molar-refractivity contribution in [2.75, 3.05) is 13.1 Å². The number of halogens is 1. The maximum Gasteiger partial charge on any atom is 0.234 e. The molecule has 1 amide bonds. The van der Waals surface area contributed by atoms with Crippen molar-refractivity contribution in [1.29, 1.82) is 0 Å². The molecule has 2 aromatic heterocycles. The summed E-state index contributed by atoms with van der Waals surface area (Å²) >= 11 is 1.52. The third-order valence-electron chi connectivity index (χ3n) is 3.17. The molecule has 0 spiro atoms. The van der Waals surface area contributed by atoms with Crippen molar-refractivity contribution < 1.29 is 9.21 Å². The predicted molar refractivity (Wildman–Crippen MR) is 84.5 cm³/mol. The Morgan fingerprint density at radius 3 is 3.05 bits per heavy atom. The lowest BCUT2D eigenvalue weighted by atomic mass is 10.4. The predicted octanol–water partition coefficient (Wildman–Crippen LogP) is 2.44. The SMILES string of the molecule is Cl.O=C(CNCC1CC1)NCc1csc(-c2ccco2)n1. The van der Waals surface area contributed by atoms with Crippen LogP contribution in [-0.4, -0.2) is 24.0 Å². The zero-order valence-electron chi connectivity index (χ0n) is 11.5. The first-order chi connectivity index (χ1) is 9.81. The Labute approximate surface area is 133 Å². The van der Waals surface area contributed by atoms with E-state index >= 15 is 0 Å². The minimum absolute atomic E-state index is 0. The van der Waals surface area contributed by atoms with Gasteiger partial charge < -0.3 is 15.1 Å². The zero-order chi connectivity index (χ0) is 13.8. The van der Waals surface area contributed by atoms with E-state index in [0.29, 0.717) is 13.1 Å².